The van der Waals surface area contributed by atoms with Crippen molar-refractivity contribution in [1.29, 1.82) is 0 Å². The van der Waals surface area contributed by atoms with Crippen molar-refractivity contribution >= 4 is 11.9 Å². The topological polar surface area (TPSA) is 86.6 Å². The van der Waals surface area contributed by atoms with E-state index in [0.29, 0.717) is 0 Å². The molecule has 104 valence electrons. The van der Waals surface area contributed by atoms with Gasteiger partial charge in [-0.25, -0.2) is 4.79 Å². The molecule has 0 heterocycles. The van der Waals surface area contributed by atoms with E-state index >= 15 is 0 Å². The van der Waals surface area contributed by atoms with Gasteiger partial charge in [-0.3, -0.25) is 4.79 Å². The van der Waals surface area contributed by atoms with Crippen molar-refractivity contribution in [2.24, 2.45) is 0 Å². The Morgan fingerprint density at radius 2 is 1.89 bits per heavy atom. The highest BCUT2D eigenvalue weighted by atomic mass is 16.4. The molecular weight excluding hydrogens is 246 g/mol. The number of benzene rings is 1. The van der Waals surface area contributed by atoms with Crippen LogP contribution in [0, 0.1) is 0 Å². The van der Waals surface area contributed by atoms with Gasteiger partial charge in [0.05, 0.1) is 0 Å². The SMILES string of the molecule is CC(CC(=O)N[C@@H](CCO)C(=O)O)c1ccccc1. The van der Waals surface area contributed by atoms with Gasteiger partial charge in [-0.1, -0.05) is 37.3 Å². The number of hydrogen-bond acceptors (Lipinski definition) is 3. The molecule has 2 atom stereocenters. The van der Waals surface area contributed by atoms with Crippen molar-refractivity contribution in [1.82, 2.24) is 5.32 Å². The fourth-order valence-electron chi connectivity index (χ4n) is 1.82. The van der Waals surface area contributed by atoms with Gasteiger partial charge in [0.2, 0.25) is 5.91 Å². The molecule has 5 nitrogen and oxygen atoms in total. The van der Waals surface area contributed by atoms with Crippen LogP contribution in [0.15, 0.2) is 30.3 Å². The molecule has 5 heteroatoms. The Bertz CT molecular complexity index is 419. The molecule has 0 radical (unpaired) electrons. The molecular formula is C14H19NO4. The number of aliphatic hydroxyl groups excluding tert-OH is 1. The van der Waals surface area contributed by atoms with Gasteiger partial charge < -0.3 is 15.5 Å². The first kappa shape index (κ1) is 15.2. The maximum absolute atomic E-state index is 11.8. The molecule has 1 aromatic rings. The molecule has 0 fully saturated rings. The zero-order valence-corrected chi connectivity index (χ0v) is 10.9. The van der Waals surface area contributed by atoms with Crippen LogP contribution in [0.5, 0.6) is 0 Å². The first-order chi connectivity index (χ1) is 9.04. The number of carboxylic acid groups (broad SMARTS) is 1. The molecule has 0 bridgehead atoms. The minimum Gasteiger partial charge on any atom is -0.480 e. The summed E-state index contributed by atoms with van der Waals surface area (Å²) in [4.78, 5) is 22.6. The van der Waals surface area contributed by atoms with E-state index in [4.69, 9.17) is 10.2 Å². The largest absolute Gasteiger partial charge is 0.480 e. The minimum atomic E-state index is -1.13. The number of aliphatic carboxylic acids is 1. The lowest BCUT2D eigenvalue weighted by molar-refractivity contribution is -0.142. The van der Waals surface area contributed by atoms with Crippen LogP contribution in [0.25, 0.3) is 0 Å². The summed E-state index contributed by atoms with van der Waals surface area (Å²) >= 11 is 0. The first-order valence-corrected chi connectivity index (χ1v) is 6.22. The summed E-state index contributed by atoms with van der Waals surface area (Å²) < 4.78 is 0. The molecule has 0 aliphatic rings. The molecule has 1 rings (SSSR count). The van der Waals surface area contributed by atoms with Gasteiger partial charge in [-0.2, -0.15) is 0 Å². The summed E-state index contributed by atoms with van der Waals surface area (Å²) in [6, 6.07) is 8.53. The predicted octanol–water partition coefficient (Wildman–Crippen LogP) is 1.13. The molecule has 3 N–H and O–H groups in total. The summed E-state index contributed by atoms with van der Waals surface area (Å²) in [5, 5.41) is 20.0. The normalized spacial score (nSPS) is 13.6. The van der Waals surface area contributed by atoms with E-state index in [9.17, 15) is 9.59 Å². The summed E-state index contributed by atoms with van der Waals surface area (Å²) in [5.41, 5.74) is 1.03. The number of carbonyl (C=O) groups excluding carboxylic acids is 1. The molecule has 1 amide bonds. The third-order valence-corrected chi connectivity index (χ3v) is 2.91. The molecule has 1 aromatic carbocycles. The summed E-state index contributed by atoms with van der Waals surface area (Å²) in [6.45, 7) is 1.64. The Morgan fingerprint density at radius 1 is 1.26 bits per heavy atom. The highest BCUT2D eigenvalue weighted by molar-refractivity contribution is 5.83. The van der Waals surface area contributed by atoms with E-state index < -0.39 is 12.0 Å². The molecule has 0 spiro atoms. The fourth-order valence-corrected chi connectivity index (χ4v) is 1.82. The Hall–Kier alpha value is -1.88. The fraction of sp³-hybridized carbons (Fsp3) is 0.429. The maximum Gasteiger partial charge on any atom is 0.326 e. The second-order valence-electron chi connectivity index (χ2n) is 4.49. The number of rotatable bonds is 7. The average molecular weight is 265 g/mol. The van der Waals surface area contributed by atoms with Crippen LogP contribution >= 0.6 is 0 Å². The molecule has 0 aliphatic heterocycles. The zero-order chi connectivity index (χ0) is 14.3. The number of carbonyl (C=O) groups is 2. The van der Waals surface area contributed by atoms with Crippen LogP contribution in [-0.4, -0.2) is 34.7 Å². The zero-order valence-electron chi connectivity index (χ0n) is 10.9. The Labute approximate surface area is 112 Å². The van der Waals surface area contributed by atoms with Crippen LogP contribution in [0.1, 0.15) is 31.2 Å². The van der Waals surface area contributed by atoms with Crippen LogP contribution < -0.4 is 5.32 Å². The van der Waals surface area contributed by atoms with Gasteiger partial charge in [0.1, 0.15) is 6.04 Å². The third kappa shape index (κ3) is 5.09. The Balaban J connectivity index is 2.52. The molecule has 1 unspecified atom stereocenters. The first-order valence-electron chi connectivity index (χ1n) is 6.22. The van der Waals surface area contributed by atoms with Gasteiger partial charge in [-0.05, 0) is 11.5 Å². The van der Waals surface area contributed by atoms with Gasteiger partial charge in [0, 0.05) is 19.4 Å². The van der Waals surface area contributed by atoms with E-state index in [1.165, 1.54) is 0 Å². The van der Waals surface area contributed by atoms with E-state index in [-0.39, 0.29) is 31.3 Å². The van der Waals surface area contributed by atoms with Gasteiger partial charge in [-0.15, -0.1) is 0 Å². The summed E-state index contributed by atoms with van der Waals surface area (Å²) in [5.74, 6) is -1.43. The monoisotopic (exact) mass is 265 g/mol. The van der Waals surface area contributed by atoms with Crippen molar-refractivity contribution in [3.05, 3.63) is 35.9 Å². The Kier molecular flexibility index (Phi) is 6.02. The van der Waals surface area contributed by atoms with Crippen molar-refractivity contribution in [3.8, 4) is 0 Å². The van der Waals surface area contributed by atoms with E-state index in [0.717, 1.165) is 5.56 Å². The van der Waals surface area contributed by atoms with Crippen molar-refractivity contribution in [3.63, 3.8) is 0 Å². The van der Waals surface area contributed by atoms with E-state index in [2.05, 4.69) is 5.32 Å². The second kappa shape index (κ2) is 7.53. The standard InChI is InChI=1S/C14H19NO4/c1-10(11-5-3-2-4-6-11)9-13(17)15-12(7-8-16)14(18)19/h2-6,10,12,16H,7-9H2,1H3,(H,15,17)(H,18,19)/t10?,12-/m0/s1. The smallest absolute Gasteiger partial charge is 0.326 e. The number of carboxylic acids is 1. The van der Waals surface area contributed by atoms with Crippen molar-refractivity contribution in [2.75, 3.05) is 6.61 Å². The average Bonchev–Trinajstić information content (AvgIpc) is 2.39. The molecule has 19 heavy (non-hydrogen) atoms. The minimum absolute atomic E-state index is 0.0147. The van der Waals surface area contributed by atoms with Crippen molar-refractivity contribution < 1.29 is 19.8 Å². The highest BCUT2D eigenvalue weighted by Crippen LogP contribution is 2.18. The highest BCUT2D eigenvalue weighted by Gasteiger charge is 2.20. The predicted molar refractivity (Wildman–Crippen MR) is 70.7 cm³/mol. The molecule has 0 saturated heterocycles. The van der Waals surface area contributed by atoms with Gasteiger partial charge >= 0.3 is 5.97 Å². The lowest BCUT2D eigenvalue weighted by atomic mass is 9.97. The van der Waals surface area contributed by atoms with Crippen LogP contribution in [0.2, 0.25) is 0 Å². The van der Waals surface area contributed by atoms with Crippen LogP contribution in [0.3, 0.4) is 0 Å². The van der Waals surface area contributed by atoms with Crippen LogP contribution in [-0.2, 0) is 9.59 Å². The van der Waals surface area contributed by atoms with Crippen molar-refractivity contribution in [2.45, 2.75) is 31.7 Å². The van der Waals surface area contributed by atoms with Gasteiger partial charge in [0.15, 0.2) is 0 Å². The third-order valence-electron chi connectivity index (χ3n) is 2.91. The number of hydrogen-bond donors (Lipinski definition) is 3. The lowest BCUT2D eigenvalue weighted by Crippen LogP contribution is -2.41. The number of aliphatic hydroxyl groups is 1. The van der Waals surface area contributed by atoms with Gasteiger partial charge in [0.25, 0.3) is 0 Å². The second-order valence-corrected chi connectivity index (χ2v) is 4.49. The summed E-state index contributed by atoms with van der Waals surface area (Å²) in [7, 11) is 0. The quantitative estimate of drug-likeness (QED) is 0.690. The van der Waals surface area contributed by atoms with E-state index in [1.54, 1.807) is 0 Å². The lowest BCUT2D eigenvalue weighted by Gasteiger charge is -2.16. The van der Waals surface area contributed by atoms with Crippen LogP contribution in [0.4, 0.5) is 0 Å². The number of nitrogens with one attached hydrogen (secondary N) is 1. The molecule has 0 aliphatic carbocycles. The molecule has 0 saturated carbocycles. The number of amides is 1. The van der Waals surface area contributed by atoms with E-state index in [1.807, 2.05) is 37.3 Å². The summed E-state index contributed by atoms with van der Waals surface area (Å²) in [6.07, 6.45) is 0.236. The molecule has 0 aromatic heterocycles. The Morgan fingerprint density at radius 3 is 2.42 bits per heavy atom. The maximum atomic E-state index is 11.8.